The summed E-state index contributed by atoms with van der Waals surface area (Å²) in [6, 6.07) is 6.71. The molecule has 1 N–H and O–H groups in total. The van der Waals surface area contributed by atoms with Gasteiger partial charge in [-0.1, -0.05) is 26.0 Å². The third-order valence-electron chi connectivity index (χ3n) is 4.11. The van der Waals surface area contributed by atoms with Crippen LogP contribution in [-0.4, -0.2) is 54.3 Å². The lowest BCUT2D eigenvalue weighted by atomic mass is 10.0. The van der Waals surface area contributed by atoms with Crippen LogP contribution in [-0.2, 0) is 14.3 Å². The van der Waals surface area contributed by atoms with Gasteiger partial charge in [-0.25, -0.2) is 4.79 Å². The van der Waals surface area contributed by atoms with E-state index < -0.39 is 12.0 Å². The van der Waals surface area contributed by atoms with Crippen molar-refractivity contribution in [2.24, 2.45) is 0 Å². The largest absolute Gasteiger partial charge is 0.484 e. The Morgan fingerprint density at radius 3 is 2.48 bits per heavy atom. The molecule has 0 aromatic heterocycles. The molecule has 1 aromatic rings. The number of nitrogens with zero attached hydrogens (tertiary/aromatic N) is 1. The number of carbonyl (C=O) groups excluding carboxylic acids is 1. The molecule has 0 saturated carbocycles. The maximum atomic E-state index is 12.3. The van der Waals surface area contributed by atoms with Crippen LogP contribution < -0.4 is 4.74 Å². The number of aliphatic carboxylic acids is 1. The molecule has 0 aliphatic carbocycles. The predicted molar refractivity (Wildman–Crippen MR) is 84.6 cm³/mol. The number of likely N-dealkylation sites (tertiary alicyclic amines) is 1. The highest BCUT2D eigenvalue weighted by Crippen LogP contribution is 2.22. The van der Waals surface area contributed by atoms with Gasteiger partial charge in [0.05, 0.1) is 6.10 Å². The van der Waals surface area contributed by atoms with Gasteiger partial charge in [-0.05, 0) is 23.6 Å². The molecule has 0 bridgehead atoms. The van der Waals surface area contributed by atoms with Gasteiger partial charge < -0.3 is 19.5 Å². The molecule has 1 aliphatic rings. The Hall–Kier alpha value is -2.08. The fourth-order valence-corrected chi connectivity index (χ4v) is 2.65. The van der Waals surface area contributed by atoms with Gasteiger partial charge in [0, 0.05) is 20.1 Å². The van der Waals surface area contributed by atoms with E-state index in [0.717, 1.165) is 0 Å². The molecule has 6 heteroatoms. The highest BCUT2D eigenvalue weighted by Gasteiger charge is 2.39. The first-order valence-corrected chi connectivity index (χ1v) is 7.70. The van der Waals surface area contributed by atoms with Crippen LogP contribution in [0.5, 0.6) is 5.75 Å². The molecule has 6 nitrogen and oxygen atoms in total. The number of amides is 1. The number of carboxylic acids is 1. The number of ether oxygens (including phenoxy) is 2. The number of carboxylic acid groups (broad SMARTS) is 1. The summed E-state index contributed by atoms with van der Waals surface area (Å²) < 4.78 is 10.7. The summed E-state index contributed by atoms with van der Waals surface area (Å²) >= 11 is 0. The van der Waals surface area contributed by atoms with Crippen molar-refractivity contribution >= 4 is 11.9 Å². The molecule has 1 fully saturated rings. The first-order chi connectivity index (χ1) is 10.9. The number of carbonyl (C=O) groups is 2. The zero-order valence-corrected chi connectivity index (χ0v) is 13.7. The number of methoxy groups -OCH3 is 1. The summed E-state index contributed by atoms with van der Waals surface area (Å²) in [5.74, 6) is -0.334. The van der Waals surface area contributed by atoms with Gasteiger partial charge >= 0.3 is 5.97 Å². The van der Waals surface area contributed by atoms with Crippen molar-refractivity contribution in [2.45, 2.75) is 38.3 Å². The number of hydrogen-bond acceptors (Lipinski definition) is 4. The molecule has 1 aliphatic heterocycles. The van der Waals surface area contributed by atoms with E-state index in [0.29, 0.717) is 18.1 Å². The first kappa shape index (κ1) is 17.3. The molecule has 1 saturated heterocycles. The summed E-state index contributed by atoms with van der Waals surface area (Å²) in [6.45, 7) is 4.30. The monoisotopic (exact) mass is 321 g/mol. The van der Waals surface area contributed by atoms with E-state index in [9.17, 15) is 14.7 Å². The van der Waals surface area contributed by atoms with Crippen LogP contribution in [0.4, 0.5) is 0 Å². The van der Waals surface area contributed by atoms with Crippen LogP contribution in [0.1, 0.15) is 31.7 Å². The highest BCUT2D eigenvalue weighted by molar-refractivity contribution is 5.85. The molecule has 0 spiro atoms. The Morgan fingerprint density at radius 2 is 1.96 bits per heavy atom. The average Bonchev–Trinajstić information content (AvgIpc) is 2.97. The van der Waals surface area contributed by atoms with Gasteiger partial charge in [0.25, 0.3) is 5.91 Å². The zero-order chi connectivity index (χ0) is 17.0. The van der Waals surface area contributed by atoms with Crippen molar-refractivity contribution in [1.29, 1.82) is 0 Å². The molecule has 2 atom stereocenters. The van der Waals surface area contributed by atoms with E-state index in [2.05, 4.69) is 13.8 Å². The lowest BCUT2D eigenvalue weighted by molar-refractivity contribution is -0.148. The molecule has 126 valence electrons. The van der Waals surface area contributed by atoms with Crippen molar-refractivity contribution in [3.05, 3.63) is 29.8 Å². The second-order valence-corrected chi connectivity index (χ2v) is 6.01. The molecule has 2 unspecified atom stereocenters. The van der Waals surface area contributed by atoms with Gasteiger partial charge in [0.15, 0.2) is 6.61 Å². The number of rotatable bonds is 6. The average molecular weight is 321 g/mol. The van der Waals surface area contributed by atoms with Gasteiger partial charge in [0.1, 0.15) is 11.8 Å². The summed E-state index contributed by atoms with van der Waals surface area (Å²) in [7, 11) is 1.52. The van der Waals surface area contributed by atoms with Crippen LogP contribution in [0.25, 0.3) is 0 Å². The molecule has 1 heterocycles. The summed E-state index contributed by atoms with van der Waals surface area (Å²) in [6.07, 6.45) is 0.0612. The molecule has 23 heavy (non-hydrogen) atoms. The van der Waals surface area contributed by atoms with Gasteiger partial charge in [0.2, 0.25) is 0 Å². The lowest BCUT2D eigenvalue weighted by Crippen LogP contribution is -2.43. The van der Waals surface area contributed by atoms with Gasteiger partial charge in [-0.2, -0.15) is 0 Å². The Kier molecular flexibility index (Phi) is 5.60. The lowest BCUT2D eigenvalue weighted by Gasteiger charge is -2.21. The quantitative estimate of drug-likeness (QED) is 0.866. The van der Waals surface area contributed by atoms with Gasteiger partial charge in [-0.3, -0.25) is 4.79 Å². The van der Waals surface area contributed by atoms with Crippen LogP contribution in [0, 0.1) is 0 Å². The van der Waals surface area contributed by atoms with E-state index in [1.807, 2.05) is 24.3 Å². The van der Waals surface area contributed by atoms with Crippen LogP contribution in [0.2, 0.25) is 0 Å². The number of benzene rings is 1. The third kappa shape index (κ3) is 4.22. The van der Waals surface area contributed by atoms with Crippen molar-refractivity contribution in [3.8, 4) is 5.75 Å². The molecular formula is C17H23NO5. The molecule has 1 aromatic carbocycles. The van der Waals surface area contributed by atoms with Crippen molar-refractivity contribution in [1.82, 2.24) is 4.90 Å². The van der Waals surface area contributed by atoms with Crippen LogP contribution >= 0.6 is 0 Å². The minimum absolute atomic E-state index is 0.179. The zero-order valence-electron chi connectivity index (χ0n) is 13.7. The molecule has 1 amide bonds. The van der Waals surface area contributed by atoms with E-state index in [4.69, 9.17) is 9.47 Å². The maximum Gasteiger partial charge on any atom is 0.326 e. The first-order valence-electron chi connectivity index (χ1n) is 7.70. The van der Waals surface area contributed by atoms with Crippen molar-refractivity contribution in [3.63, 3.8) is 0 Å². The second kappa shape index (κ2) is 7.46. The summed E-state index contributed by atoms with van der Waals surface area (Å²) in [5, 5.41) is 9.22. The molecule has 2 rings (SSSR count). The SMILES string of the molecule is COC1CC(C(=O)O)N(C(=O)COc2ccc(C(C)C)cc2)C1. The number of hydrogen-bond donors (Lipinski definition) is 1. The fraction of sp³-hybridized carbons (Fsp3) is 0.529. The smallest absolute Gasteiger partial charge is 0.326 e. The van der Waals surface area contributed by atoms with E-state index in [1.54, 1.807) is 0 Å². The Morgan fingerprint density at radius 1 is 1.30 bits per heavy atom. The van der Waals surface area contributed by atoms with Crippen molar-refractivity contribution in [2.75, 3.05) is 20.3 Å². The Balaban J connectivity index is 1.94. The Bertz CT molecular complexity index is 555. The predicted octanol–water partition coefficient (Wildman–Crippen LogP) is 1.89. The van der Waals surface area contributed by atoms with Gasteiger partial charge in [-0.15, -0.1) is 0 Å². The summed E-state index contributed by atoms with van der Waals surface area (Å²) in [4.78, 5) is 24.8. The van der Waals surface area contributed by atoms with E-state index in [1.165, 1.54) is 17.6 Å². The Labute approximate surface area is 136 Å². The summed E-state index contributed by atoms with van der Waals surface area (Å²) in [5.41, 5.74) is 1.19. The van der Waals surface area contributed by atoms with E-state index in [-0.39, 0.29) is 25.2 Å². The van der Waals surface area contributed by atoms with Crippen molar-refractivity contribution < 1.29 is 24.2 Å². The third-order valence-corrected chi connectivity index (χ3v) is 4.11. The van der Waals surface area contributed by atoms with Crippen LogP contribution in [0.15, 0.2) is 24.3 Å². The van der Waals surface area contributed by atoms with E-state index >= 15 is 0 Å². The maximum absolute atomic E-state index is 12.3. The fourth-order valence-electron chi connectivity index (χ4n) is 2.65. The minimum atomic E-state index is -1.01. The normalized spacial score (nSPS) is 20.8. The molecule has 0 radical (unpaired) electrons. The topological polar surface area (TPSA) is 76.1 Å². The standard InChI is InChI=1S/C17H23NO5/c1-11(2)12-4-6-13(7-5-12)23-10-16(19)18-9-14(22-3)8-15(18)17(20)21/h4-7,11,14-15H,8-10H2,1-3H3,(H,20,21). The second-order valence-electron chi connectivity index (χ2n) is 6.01. The van der Waals surface area contributed by atoms with Crippen LogP contribution in [0.3, 0.4) is 0 Å². The minimum Gasteiger partial charge on any atom is -0.484 e. The molecular weight excluding hydrogens is 298 g/mol. The highest BCUT2D eigenvalue weighted by atomic mass is 16.5.